The molecule has 21 heavy (non-hydrogen) atoms. The highest BCUT2D eigenvalue weighted by Crippen LogP contribution is 2.45. The second-order valence-electron chi connectivity index (χ2n) is 7.34. The van der Waals surface area contributed by atoms with E-state index in [0.29, 0.717) is 22.6 Å². The monoisotopic (exact) mass is 305 g/mol. The van der Waals surface area contributed by atoms with Crippen molar-refractivity contribution in [3.63, 3.8) is 0 Å². The third-order valence-corrected chi connectivity index (χ3v) is 6.09. The lowest BCUT2D eigenvalue weighted by atomic mass is 9.87. The molecule has 0 aliphatic heterocycles. The second kappa shape index (κ2) is 7.19. The van der Waals surface area contributed by atoms with Gasteiger partial charge in [-0.1, -0.05) is 46.8 Å². The van der Waals surface area contributed by atoms with E-state index in [1.54, 1.807) is 0 Å². The van der Waals surface area contributed by atoms with Crippen LogP contribution in [0.5, 0.6) is 0 Å². The first-order chi connectivity index (χ1) is 9.94. The van der Waals surface area contributed by atoms with Gasteiger partial charge in [0.1, 0.15) is 0 Å². The van der Waals surface area contributed by atoms with Crippen LogP contribution in [0.3, 0.4) is 0 Å². The van der Waals surface area contributed by atoms with Gasteiger partial charge in [-0.25, -0.2) is 0 Å². The Morgan fingerprint density at radius 1 is 1.24 bits per heavy atom. The molecule has 1 nitrogen and oxygen atoms in total. The normalized spacial score (nSPS) is 24.7. The van der Waals surface area contributed by atoms with E-state index in [1.807, 2.05) is 0 Å². The largest absolute Gasteiger partial charge is 0.312 e. The van der Waals surface area contributed by atoms with Gasteiger partial charge >= 0.3 is 0 Å². The number of rotatable bonds is 6. The smallest absolute Gasteiger partial charge is 0.0253 e. The van der Waals surface area contributed by atoms with Crippen LogP contribution in [0.1, 0.15) is 65.4 Å². The van der Waals surface area contributed by atoms with E-state index >= 15 is 0 Å². The van der Waals surface area contributed by atoms with Crippen LogP contribution >= 0.6 is 11.8 Å². The summed E-state index contributed by atoms with van der Waals surface area (Å²) in [5, 5.41) is 4.51. The number of hydrogen-bond donors (Lipinski definition) is 1. The lowest BCUT2D eigenvalue weighted by Gasteiger charge is -2.31. The highest BCUT2D eigenvalue weighted by atomic mass is 32.2. The molecule has 2 atom stereocenters. The van der Waals surface area contributed by atoms with Gasteiger partial charge in [0.2, 0.25) is 0 Å². The van der Waals surface area contributed by atoms with Gasteiger partial charge in [-0.05, 0) is 54.8 Å². The Morgan fingerprint density at radius 2 is 1.90 bits per heavy atom. The number of thioether (sulfide) groups is 1. The molecule has 118 valence electrons. The quantitative estimate of drug-likeness (QED) is 0.749. The maximum atomic E-state index is 3.80. The van der Waals surface area contributed by atoms with Gasteiger partial charge in [0, 0.05) is 16.2 Å². The van der Waals surface area contributed by atoms with Gasteiger partial charge in [-0.2, -0.15) is 0 Å². The number of nitrogens with one attached hydrogen (secondary N) is 1. The lowest BCUT2D eigenvalue weighted by molar-refractivity contribution is 0.287. The minimum absolute atomic E-state index is 0.421. The third kappa shape index (κ3) is 4.26. The molecular weight excluding hydrogens is 274 g/mol. The molecule has 0 heterocycles. The summed E-state index contributed by atoms with van der Waals surface area (Å²) in [6.07, 6.45) is 3.87. The highest BCUT2D eigenvalue weighted by Gasteiger charge is 2.41. The van der Waals surface area contributed by atoms with E-state index in [0.717, 1.165) is 6.54 Å². The molecule has 2 heteroatoms. The maximum absolute atomic E-state index is 3.80. The molecule has 1 saturated carbocycles. The Hall–Kier alpha value is -0.470. The number of hydrogen-bond acceptors (Lipinski definition) is 2. The van der Waals surface area contributed by atoms with Crippen LogP contribution in [-0.4, -0.2) is 17.8 Å². The van der Waals surface area contributed by atoms with Crippen molar-refractivity contribution in [2.45, 2.75) is 76.0 Å². The van der Waals surface area contributed by atoms with Gasteiger partial charge in [0.25, 0.3) is 0 Å². The van der Waals surface area contributed by atoms with Crippen molar-refractivity contribution in [2.24, 2.45) is 5.41 Å². The van der Waals surface area contributed by atoms with E-state index < -0.39 is 0 Å². The van der Waals surface area contributed by atoms with Crippen LogP contribution < -0.4 is 5.32 Å². The summed E-state index contributed by atoms with van der Waals surface area (Å²) in [6.45, 7) is 12.7. The van der Waals surface area contributed by atoms with Gasteiger partial charge in [-0.3, -0.25) is 0 Å². The predicted molar refractivity (Wildman–Crippen MR) is 95.3 cm³/mol. The van der Waals surface area contributed by atoms with E-state index in [-0.39, 0.29) is 0 Å². The third-order valence-electron chi connectivity index (χ3n) is 4.74. The first kappa shape index (κ1) is 16.9. The molecule has 1 aliphatic rings. The molecule has 0 amide bonds. The molecule has 1 aromatic rings. The molecule has 1 aromatic carbocycles. The summed E-state index contributed by atoms with van der Waals surface area (Å²) < 4.78 is 0. The Labute approximate surface area is 135 Å². The van der Waals surface area contributed by atoms with Crippen LogP contribution in [0.25, 0.3) is 0 Å². The second-order valence-corrected chi connectivity index (χ2v) is 8.65. The van der Waals surface area contributed by atoms with Crippen molar-refractivity contribution < 1.29 is 0 Å². The van der Waals surface area contributed by atoms with Crippen molar-refractivity contribution in [1.82, 2.24) is 5.32 Å². The fourth-order valence-electron chi connectivity index (χ4n) is 3.28. The first-order valence-corrected chi connectivity index (χ1v) is 9.32. The average molecular weight is 306 g/mol. The molecule has 0 aromatic heterocycles. The number of benzene rings is 1. The summed E-state index contributed by atoms with van der Waals surface area (Å²) in [5.41, 5.74) is 1.86. The van der Waals surface area contributed by atoms with E-state index in [1.165, 1.54) is 29.7 Å². The molecule has 1 aliphatic carbocycles. The Bertz CT molecular complexity index is 435. The minimum atomic E-state index is 0.421. The zero-order chi connectivity index (χ0) is 15.5. The zero-order valence-electron chi connectivity index (χ0n) is 14.3. The molecule has 2 unspecified atom stereocenters. The summed E-state index contributed by atoms with van der Waals surface area (Å²) >= 11 is 2.07. The van der Waals surface area contributed by atoms with Crippen molar-refractivity contribution in [2.75, 3.05) is 6.54 Å². The Balaban J connectivity index is 2.03. The van der Waals surface area contributed by atoms with Crippen molar-refractivity contribution in [3.8, 4) is 0 Å². The summed E-state index contributed by atoms with van der Waals surface area (Å²) in [4.78, 5) is 1.42. The van der Waals surface area contributed by atoms with Gasteiger partial charge in [0.05, 0.1) is 0 Å². The summed E-state index contributed by atoms with van der Waals surface area (Å²) in [6, 6.07) is 9.83. The molecule has 0 spiro atoms. The fourth-order valence-corrected chi connectivity index (χ4v) is 4.76. The predicted octanol–water partition coefficient (Wildman–Crippen LogP) is 5.46. The SMILES string of the molecule is CCCNC1C(Sc2ccc(C(C)C)cc2)CCC1(C)C. The standard InChI is InChI=1S/C19H31NS/c1-6-13-20-18-17(11-12-19(18,4)5)21-16-9-7-15(8-10-16)14(2)3/h7-10,14,17-18,20H,6,11-13H2,1-5H3. The summed E-state index contributed by atoms with van der Waals surface area (Å²) in [7, 11) is 0. The molecular formula is C19H31NS. The van der Waals surface area contributed by atoms with Crippen LogP contribution in [0.2, 0.25) is 0 Å². The highest BCUT2D eigenvalue weighted by molar-refractivity contribution is 8.00. The molecule has 0 saturated heterocycles. The first-order valence-electron chi connectivity index (χ1n) is 8.44. The molecule has 2 rings (SSSR count). The van der Waals surface area contributed by atoms with E-state index in [4.69, 9.17) is 0 Å². The lowest BCUT2D eigenvalue weighted by Crippen LogP contribution is -2.43. The van der Waals surface area contributed by atoms with Crippen molar-refractivity contribution >= 4 is 11.8 Å². The Kier molecular flexibility index (Phi) is 5.79. The maximum Gasteiger partial charge on any atom is 0.0253 e. The molecule has 0 radical (unpaired) electrons. The van der Waals surface area contributed by atoms with Crippen molar-refractivity contribution in [1.29, 1.82) is 0 Å². The van der Waals surface area contributed by atoms with Crippen LogP contribution in [-0.2, 0) is 0 Å². The van der Waals surface area contributed by atoms with E-state index in [2.05, 4.69) is 76.0 Å². The Morgan fingerprint density at radius 3 is 2.48 bits per heavy atom. The zero-order valence-corrected chi connectivity index (χ0v) is 15.1. The fraction of sp³-hybridized carbons (Fsp3) is 0.684. The van der Waals surface area contributed by atoms with Gasteiger partial charge < -0.3 is 5.32 Å². The molecule has 0 bridgehead atoms. The van der Waals surface area contributed by atoms with Gasteiger partial charge in [0.15, 0.2) is 0 Å². The molecule has 1 N–H and O–H groups in total. The van der Waals surface area contributed by atoms with Crippen LogP contribution in [0.15, 0.2) is 29.2 Å². The van der Waals surface area contributed by atoms with Gasteiger partial charge in [-0.15, -0.1) is 11.8 Å². The minimum Gasteiger partial charge on any atom is -0.312 e. The van der Waals surface area contributed by atoms with Crippen LogP contribution in [0, 0.1) is 5.41 Å². The summed E-state index contributed by atoms with van der Waals surface area (Å²) in [5.74, 6) is 0.619. The average Bonchev–Trinajstić information content (AvgIpc) is 2.72. The van der Waals surface area contributed by atoms with Crippen molar-refractivity contribution in [3.05, 3.63) is 29.8 Å². The van der Waals surface area contributed by atoms with E-state index in [9.17, 15) is 0 Å². The molecule has 1 fully saturated rings. The topological polar surface area (TPSA) is 12.0 Å². The van der Waals surface area contributed by atoms with Crippen LogP contribution in [0.4, 0.5) is 0 Å².